The van der Waals surface area contributed by atoms with Crippen LogP contribution in [0.3, 0.4) is 0 Å². The number of halogens is 3. The number of amides is 1. The van der Waals surface area contributed by atoms with Crippen molar-refractivity contribution in [1.82, 2.24) is 15.5 Å². The highest BCUT2D eigenvalue weighted by Gasteiger charge is 2.35. The standard InChI is InChI=1S/C12H10F3N3O3/c1-6(9-17-11(20)21-18-9)16-10(19)7-4-2-3-5-8(7)12(13,14)15/h2-6H,1H3,(H,16,19)(H,17,18,20). The zero-order chi connectivity index (χ0) is 15.6. The van der Waals surface area contributed by atoms with Crippen LogP contribution in [-0.2, 0) is 6.18 Å². The smallest absolute Gasteiger partial charge is 0.342 e. The molecular formula is C12H10F3N3O3. The van der Waals surface area contributed by atoms with Crippen LogP contribution in [0.2, 0.25) is 0 Å². The molecule has 6 nitrogen and oxygen atoms in total. The van der Waals surface area contributed by atoms with Crippen LogP contribution in [0.25, 0.3) is 0 Å². The number of rotatable bonds is 3. The predicted molar refractivity (Wildman–Crippen MR) is 64.4 cm³/mol. The van der Waals surface area contributed by atoms with Crippen LogP contribution in [0, 0.1) is 0 Å². The molecule has 0 aliphatic rings. The highest BCUT2D eigenvalue weighted by molar-refractivity contribution is 5.96. The summed E-state index contributed by atoms with van der Waals surface area (Å²) in [7, 11) is 0. The second-order valence-electron chi connectivity index (χ2n) is 4.22. The molecule has 2 rings (SSSR count). The van der Waals surface area contributed by atoms with E-state index in [-0.39, 0.29) is 5.82 Å². The molecule has 1 atom stereocenters. The van der Waals surface area contributed by atoms with Gasteiger partial charge < -0.3 is 5.32 Å². The minimum absolute atomic E-state index is 0.0119. The van der Waals surface area contributed by atoms with E-state index in [0.717, 1.165) is 12.1 Å². The van der Waals surface area contributed by atoms with Gasteiger partial charge in [-0.3, -0.25) is 14.3 Å². The Labute approximate surface area is 116 Å². The van der Waals surface area contributed by atoms with Crippen LogP contribution in [-0.4, -0.2) is 16.0 Å². The summed E-state index contributed by atoms with van der Waals surface area (Å²) >= 11 is 0. The van der Waals surface area contributed by atoms with Crippen molar-refractivity contribution in [1.29, 1.82) is 0 Å². The fourth-order valence-electron chi connectivity index (χ4n) is 1.70. The first-order valence-electron chi connectivity index (χ1n) is 5.82. The summed E-state index contributed by atoms with van der Waals surface area (Å²) < 4.78 is 42.7. The first-order valence-corrected chi connectivity index (χ1v) is 5.82. The first kappa shape index (κ1) is 14.8. The van der Waals surface area contributed by atoms with Crippen molar-refractivity contribution in [3.05, 3.63) is 51.8 Å². The normalized spacial score (nSPS) is 13.0. The van der Waals surface area contributed by atoms with Crippen molar-refractivity contribution in [2.75, 3.05) is 0 Å². The van der Waals surface area contributed by atoms with Gasteiger partial charge in [0.05, 0.1) is 17.2 Å². The number of nitrogens with zero attached hydrogens (tertiary/aromatic N) is 1. The van der Waals surface area contributed by atoms with Crippen LogP contribution < -0.4 is 11.1 Å². The maximum atomic E-state index is 12.8. The summed E-state index contributed by atoms with van der Waals surface area (Å²) in [6, 6.07) is 3.59. The van der Waals surface area contributed by atoms with Gasteiger partial charge in [-0.1, -0.05) is 17.3 Å². The number of carbonyl (C=O) groups is 1. The molecular weight excluding hydrogens is 291 g/mol. The van der Waals surface area contributed by atoms with Gasteiger partial charge in [0.25, 0.3) is 5.91 Å². The van der Waals surface area contributed by atoms with Gasteiger partial charge in [-0.15, -0.1) is 0 Å². The Morgan fingerprint density at radius 2 is 2.05 bits per heavy atom. The maximum absolute atomic E-state index is 12.8. The number of alkyl halides is 3. The van der Waals surface area contributed by atoms with E-state index in [4.69, 9.17) is 0 Å². The largest absolute Gasteiger partial charge is 0.438 e. The fourth-order valence-corrected chi connectivity index (χ4v) is 1.70. The molecule has 2 aromatic rings. The molecule has 2 N–H and O–H groups in total. The molecule has 9 heteroatoms. The van der Waals surface area contributed by atoms with Crippen LogP contribution >= 0.6 is 0 Å². The Hall–Kier alpha value is -2.58. The molecule has 1 amide bonds. The summed E-state index contributed by atoms with van der Waals surface area (Å²) in [6.45, 7) is 1.45. The lowest BCUT2D eigenvalue weighted by atomic mass is 10.1. The van der Waals surface area contributed by atoms with Gasteiger partial charge in [-0.2, -0.15) is 13.2 Å². The van der Waals surface area contributed by atoms with Gasteiger partial charge in [0.1, 0.15) is 0 Å². The summed E-state index contributed by atoms with van der Waals surface area (Å²) in [5, 5.41) is 5.66. The Kier molecular flexibility index (Phi) is 3.83. The molecule has 0 aliphatic heterocycles. The zero-order valence-corrected chi connectivity index (χ0v) is 10.7. The molecule has 0 radical (unpaired) electrons. The van der Waals surface area contributed by atoms with Crippen LogP contribution in [0.1, 0.15) is 34.7 Å². The number of nitrogens with one attached hydrogen (secondary N) is 2. The Morgan fingerprint density at radius 1 is 1.38 bits per heavy atom. The third-order valence-corrected chi connectivity index (χ3v) is 2.69. The lowest BCUT2D eigenvalue weighted by Crippen LogP contribution is -2.29. The van der Waals surface area contributed by atoms with E-state index in [9.17, 15) is 22.8 Å². The quantitative estimate of drug-likeness (QED) is 0.906. The van der Waals surface area contributed by atoms with Crippen LogP contribution in [0.15, 0.2) is 33.6 Å². The van der Waals surface area contributed by atoms with E-state index >= 15 is 0 Å². The number of H-pyrrole nitrogens is 1. The minimum atomic E-state index is -4.64. The third kappa shape index (κ3) is 3.30. The van der Waals surface area contributed by atoms with Crippen molar-refractivity contribution in [2.45, 2.75) is 19.1 Å². The molecule has 0 bridgehead atoms. The average Bonchev–Trinajstić information content (AvgIpc) is 2.84. The van der Waals surface area contributed by atoms with Crippen molar-refractivity contribution < 1.29 is 22.5 Å². The third-order valence-electron chi connectivity index (χ3n) is 2.69. The molecule has 1 aromatic carbocycles. The van der Waals surface area contributed by atoms with Gasteiger partial charge >= 0.3 is 11.9 Å². The second-order valence-corrected chi connectivity index (χ2v) is 4.22. The van der Waals surface area contributed by atoms with E-state index < -0.39 is 35.0 Å². The number of aromatic amines is 1. The highest BCUT2D eigenvalue weighted by Crippen LogP contribution is 2.31. The number of hydrogen-bond acceptors (Lipinski definition) is 4. The zero-order valence-electron chi connectivity index (χ0n) is 10.7. The van der Waals surface area contributed by atoms with Crippen molar-refractivity contribution in [3.8, 4) is 0 Å². The first-order chi connectivity index (χ1) is 9.79. The lowest BCUT2D eigenvalue weighted by molar-refractivity contribution is -0.137. The Bertz CT molecular complexity index is 705. The van der Waals surface area contributed by atoms with Crippen molar-refractivity contribution >= 4 is 5.91 Å². The molecule has 0 fully saturated rings. The lowest BCUT2D eigenvalue weighted by Gasteiger charge is -2.14. The second kappa shape index (κ2) is 5.43. The van der Waals surface area contributed by atoms with E-state index in [0.29, 0.717) is 0 Å². The van der Waals surface area contributed by atoms with E-state index in [1.807, 2.05) is 0 Å². The summed E-state index contributed by atoms with van der Waals surface area (Å²) in [6.07, 6.45) is -4.64. The van der Waals surface area contributed by atoms with Gasteiger partial charge in [0.2, 0.25) is 0 Å². The highest BCUT2D eigenvalue weighted by atomic mass is 19.4. The molecule has 21 heavy (non-hydrogen) atoms. The molecule has 1 heterocycles. The van der Waals surface area contributed by atoms with E-state index in [2.05, 4.69) is 20.0 Å². The summed E-state index contributed by atoms with van der Waals surface area (Å²) in [5.74, 6) is -1.74. The van der Waals surface area contributed by atoms with Gasteiger partial charge in [0, 0.05) is 0 Å². The molecule has 0 saturated heterocycles. The number of benzene rings is 1. The number of carbonyl (C=O) groups excluding carboxylic acids is 1. The number of aromatic nitrogens is 2. The van der Waals surface area contributed by atoms with Gasteiger partial charge in [-0.05, 0) is 19.1 Å². The summed E-state index contributed by atoms with van der Waals surface area (Å²) in [5.41, 5.74) is -1.55. The molecule has 0 saturated carbocycles. The van der Waals surface area contributed by atoms with Crippen LogP contribution in [0.4, 0.5) is 13.2 Å². The monoisotopic (exact) mass is 301 g/mol. The molecule has 1 unspecified atom stereocenters. The number of hydrogen-bond donors (Lipinski definition) is 2. The van der Waals surface area contributed by atoms with E-state index in [1.165, 1.54) is 19.1 Å². The van der Waals surface area contributed by atoms with Crippen molar-refractivity contribution in [3.63, 3.8) is 0 Å². The molecule has 112 valence electrons. The minimum Gasteiger partial charge on any atom is -0.342 e. The Balaban J connectivity index is 2.23. The van der Waals surface area contributed by atoms with Crippen LogP contribution in [0.5, 0.6) is 0 Å². The predicted octanol–water partition coefficient (Wildman–Crippen LogP) is 1.87. The van der Waals surface area contributed by atoms with Crippen molar-refractivity contribution in [2.24, 2.45) is 0 Å². The Morgan fingerprint density at radius 3 is 2.62 bits per heavy atom. The SMILES string of the molecule is CC(NC(=O)c1ccccc1C(F)(F)F)c1noc(=O)[nH]1. The maximum Gasteiger partial charge on any atom is 0.438 e. The summed E-state index contributed by atoms with van der Waals surface area (Å²) in [4.78, 5) is 24.9. The van der Waals surface area contributed by atoms with E-state index in [1.54, 1.807) is 0 Å². The topological polar surface area (TPSA) is 88.0 Å². The average molecular weight is 301 g/mol. The molecule has 0 spiro atoms. The molecule has 0 aliphatic carbocycles. The van der Waals surface area contributed by atoms with Gasteiger partial charge in [-0.25, -0.2) is 4.79 Å². The van der Waals surface area contributed by atoms with Gasteiger partial charge in [0.15, 0.2) is 5.82 Å². The molecule has 1 aromatic heterocycles. The fraction of sp³-hybridized carbons (Fsp3) is 0.250.